The maximum absolute atomic E-state index is 11.8. The second kappa shape index (κ2) is 5.06. The summed E-state index contributed by atoms with van der Waals surface area (Å²) in [5, 5.41) is 0. The Morgan fingerprint density at radius 2 is 2.13 bits per heavy atom. The third-order valence-corrected chi connectivity index (χ3v) is 1.96. The lowest BCUT2D eigenvalue weighted by Gasteiger charge is -2.11. The molecule has 0 aliphatic rings. The zero-order valence-electron chi connectivity index (χ0n) is 8.04. The summed E-state index contributed by atoms with van der Waals surface area (Å²) >= 11 is 0. The van der Waals surface area contributed by atoms with Crippen LogP contribution in [0.3, 0.4) is 0 Å². The number of rotatable bonds is 4. The fourth-order valence-electron chi connectivity index (χ4n) is 1.19. The van der Waals surface area contributed by atoms with Gasteiger partial charge in [-0.1, -0.05) is 0 Å². The smallest absolute Gasteiger partial charge is 0.323 e. The van der Waals surface area contributed by atoms with Crippen LogP contribution < -0.4 is 5.73 Å². The van der Waals surface area contributed by atoms with Crippen LogP contribution in [0.5, 0.6) is 0 Å². The lowest BCUT2D eigenvalue weighted by atomic mass is 10.1. The van der Waals surface area contributed by atoms with Gasteiger partial charge in [-0.25, -0.2) is 9.97 Å². The first-order valence-corrected chi connectivity index (χ1v) is 4.57. The van der Waals surface area contributed by atoms with E-state index in [0.29, 0.717) is 5.69 Å². The van der Waals surface area contributed by atoms with Crippen LogP contribution in [0.1, 0.15) is 31.0 Å². The fraction of sp³-hybridized carbons (Fsp3) is 0.556. The Balaban J connectivity index is 2.34. The number of aromatic nitrogens is 2. The summed E-state index contributed by atoms with van der Waals surface area (Å²) in [6.07, 6.45) is -1.76. The highest BCUT2D eigenvalue weighted by molar-refractivity contribution is 5.03. The maximum atomic E-state index is 11.8. The monoisotopic (exact) mass is 219 g/mol. The molecule has 6 heteroatoms. The number of hydrogen-bond acceptors (Lipinski definition) is 3. The van der Waals surface area contributed by atoms with Crippen LogP contribution in [0.25, 0.3) is 0 Å². The first-order chi connectivity index (χ1) is 6.99. The third-order valence-electron chi connectivity index (χ3n) is 1.96. The van der Waals surface area contributed by atoms with E-state index in [1.807, 2.05) is 0 Å². The molecule has 0 aliphatic carbocycles. The van der Waals surface area contributed by atoms with Gasteiger partial charge in [0.2, 0.25) is 0 Å². The number of nitrogens with zero attached hydrogens (tertiary/aromatic N) is 2. The Morgan fingerprint density at radius 1 is 1.40 bits per heavy atom. The Morgan fingerprint density at radius 3 is 2.67 bits per heavy atom. The molecule has 0 aliphatic heterocycles. The van der Waals surface area contributed by atoms with Gasteiger partial charge in [0.1, 0.15) is 6.33 Å². The predicted molar refractivity (Wildman–Crippen MR) is 48.9 cm³/mol. The van der Waals surface area contributed by atoms with Crippen LogP contribution in [-0.2, 0) is 0 Å². The molecule has 1 heterocycles. The highest BCUT2D eigenvalue weighted by Gasteiger charge is 2.26. The molecule has 0 spiro atoms. The number of hydrogen-bond donors (Lipinski definition) is 1. The number of nitrogens with two attached hydrogens (primary N) is 1. The van der Waals surface area contributed by atoms with Gasteiger partial charge in [0.15, 0.2) is 0 Å². The molecule has 0 aromatic carbocycles. The van der Waals surface area contributed by atoms with E-state index in [1.165, 1.54) is 12.5 Å². The van der Waals surface area contributed by atoms with Crippen molar-refractivity contribution in [2.24, 2.45) is 5.73 Å². The molecule has 84 valence electrons. The van der Waals surface area contributed by atoms with E-state index in [9.17, 15) is 13.2 Å². The molecule has 0 radical (unpaired) electrons. The van der Waals surface area contributed by atoms with Crippen molar-refractivity contribution in [3.63, 3.8) is 0 Å². The molecule has 1 rings (SSSR count). The summed E-state index contributed by atoms with van der Waals surface area (Å²) in [6.45, 7) is 0. The van der Waals surface area contributed by atoms with Crippen molar-refractivity contribution in [2.75, 3.05) is 0 Å². The molecule has 0 amide bonds. The molecular formula is C9H12F3N3. The van der Waals surface area contributed by atoms with Crippen molar-refractivity contribution in [1.82, 2.24) is 9.97 Å². The summed E-state index contributed by atoms with van der Waals surface area (Å²) in [4.78, 5) is 7.58. The van der Waals surface area contributed by atoms with Gasteiger partial charge in [-0.05, 0) is 18.9 Å². The first-order valence-electron chi connectivity index (χ1n) is 4.57. The summed E-state index contributed by atoms with van der Waals surface area (Å²) in [5.74, 6) is 0. The SMILES string of the molecule is NC(CCCC(F)(F)F)c1ccncn1. The molecule has 2 N–H and O–H groups in total. The molecule has 0 bridgehead atoms. The van der Waals surface area contributed by atoms with Crippen molar-refractivity contribution in [3.8, 4) is 0 Å². The summed E-state index contributed by atoms with van der Waals surface area (Å²) in [7, 11) is 0. The van der Waals surface area contributed by atoms with Crippen molar-refractivity contribution in [2.45, 2.75) is 31.5 Å². The normalized spacial score (nSPS) is 13.9. The van der Waals surface area contributed by atoms with E-state index in [1.54, 1.807) is 6.07 Å². The molecular weight excluding hydrogens is 207 g/mol. The first kappa shape index (κ1) is 11.9. The average molecular weight is 219 g/mol. The average Bonchev–Trinajstić information content (AvgIpc) is 2.17. The van der Waals surface area contributed by atoms with Crippen molar-refractivity contribution >= 4 is 0 Å². The zero-order chi connectivity index (χ0) is 11.3. The second-order valence-electron chi connectivity index (χ2n) is 3.25. The summed E-state index contributed by atoms with van der Waals surface area (Å²) < 4.78 is 35.5. The highest BCUT2D eigenvalue weighted by Crippen LogP contribution is 2.24. The molecule has 0 saturated heterocycles. The van der Waals surface area contributed by atoms with E-state index in [0.717, 1.165) is 0 Å². The van der Waals surface area contributed by atoms with Gasteiger partial charge in [-0.3, -0.25) is 0 Å². The molecule has 1 atom stereocenters. The predicted octanol–water partition coefficient (Wildman–Crippen LogP) is 2.21. The van der Waals surface area contributed by atoms with E-state index in [-0.39, 0.29) is 12.8 Å². The second-order valence-corrected chi connectivity index (χ2v) is 3.25. The fourth-order valence-corrected chi connectivity index (χ4v) is 1.19. The van der Waals surface area contributed by atoms with Crippen molar-refractivity contribution < 1.29 is 13.2 Å². The van der Waals surface area contributed by atoms with Gasteiger partial charge < -0.3 is 5.73 Å². The lowest BCUT2D eigenvalue weighted by molar-refractivity contribution is -0.135. The van der Waals surface area contributed by atoms with Crippen LogP contribution >= 0.6 is 0 Å². The summed E-state index contributed by atoms with van der Waals surface area (Å²) in [5.41, 5.74) is 6.24. The quantitative estimate of drug-likeness (QED) is 0.844. The number of alkyl halides is 3. The van der Waals surface area contributed by atoms with Crippen LogP contribution in [0, 0.1) is 0 Å². The zero-order valence-corrected chi connectivity index (χ0v) is 8.04. The lowest BCUT2D eigenvalue weighted by Crippen LogP contribution is -2.14. The molecule has 1 aromatic heterocycles. The largest absolute Gasteiger partial charge is 0.389 e. The minimum absolute atomic E-state index is 0.0225. The van der Waals surface area contributed by atoms with Gasteiger partial charge in [0, 0.05) is 18.7 Å². The van der Waals surface area contributed by atoms with Gasteiger partial charge in [-0.2, -0.15) is 13.2 Å². The topological polar surface area (TPSA) is 51.8 Å². The van der Waals surface area contributed by atoms with E-state index >= 15 is 0 Å². The van der Waals surface area contributed by atoms with Crippen molar-refractivity contribution in [1.29, 1.82) is 0 Å². The van der Waals surface area contributed by atoms with E-state index < -0.39 is 18.6 Å². The van der Waals surface area contributed by atoms with E-state index in [2.05, 4.69) is 9.97 Å². The van der Waals surface area contributed by atoms with Gasteiger partial charge >= 0.3 is 6.18 Å². The molecule has 0 saturated carbocycles. The minimum Gasteiger partial charge on any atom is -0.323 e. The standard InChI is InChI=1S/C9H12F3N3/c10-9(11,12)4-1-2-7(13)8-3-5-14-6-15-8/h3,5-7H,1-2,4,13H2. The van der Waals surface area contributed by atoms with Crippen LogP contribution in [0.4, 0.5) is 13.2 Å². The van der Waals surface area contributed by atoms with Gasteiger partial charge in [0.25, 0.3) is 0 Å². The Hall–Kier alpha value is -1.17. The Bertz CT molecular complexity index is 286. The van der Waals surface area contributed by atoms with Gasteiger partial charge in [0.05, 0.1) is 5.69 Å². The Kier molecular flexibility index (Phi) is 4.02. The third kappa shape index (κ3) is 4.73. The number of halogens is 3. The molecule has 15 heavy (non-hydrogen) atoms. The van der Waals surface area contributed by atoms with Crippen LogP contribution in [0.15, 0.2) is 18.6 Å². The van der Waals surface area contributed by atoms with E-state index in [4.69, 9.17) is 5.73 Å². The minimum atomic E-state index is -4.11. The maximum Gasteiger partial charge on any atom is 0.389 e. The molecule has 3 nitrogen and oxygen atoms in total. The van der Waals surface area contributed by atoms with Gasteiger partial charge in [-0.15, -0.1) is 0 Å². The van der Waals surface area contributed by atoms with Crippen LogP contribution in [0.2, 0.25) is 0 Å². The molecule has 0 fully saturated rings. The van der Waals surface area contributed by atoms with Crippen LogP contribution in [-0.4, -0.2) is 16.1 Å². The Labute approximate surface area is 85.5 Å². The van der Waals surface area contributed by atoms with Crippen molar-refractivity contribution in [3.05, 3.63) is 24.3 Å². The summed E-state index contributed by atoms with van der Waals surface area (Å²) in [6, 6.07) is 1.16. The highest BCUT2D eigenvalue weighted by atomic mass is 19.4. The molecule has 1 aromatic rings. The molecule has 1 unspecified atom stereocenters.